The number of fused-ring (bicyclic) bond motifs is 6. The normalized spacial score (nSPS) is 15.6. The predicted molar refractivity (Wildman–Crippen MR) is 207 cm³/mol. The molecule has 0 spiro atoms. The van der Waals surface area contributed by atoms with Gasteiger partial charge >= 0.3 is 0 Å². The summed E-state index contributed by atoms with van der Waals surface area (Å²) >= 11 is 0. The molecule has 0 atom stereocenters. The molecule has 0 amide bonds. The molecule has 0 aromatic heterocycles. The van der Waals surface area contributed by atoms with E-state index in [-0.39, 0.29) is 21.7 Å². The molecule has 0 fully saturated rings. The third kappa shape index (κ3) is 4.48. The monoisotopic (exact) mass is 624 g/mol. The van der Waals surface area contributed by atoms with Crippen LogP contribution in [0.2, 0.25) is 0 Å². The van der Waals surface area contributed by atoms with E-state index >= 15 is 0 Å². The van der Waals surface area contributed by atoms with Crippen molar-refractivity contribution in [3.63, 3.8) is 0 Å². The van der Waals surface area contributed by atoms with E-state index in [1.807, 2.05) is 0 Å². The van der Waals surface area contributed by atoms with Crippen LogP contribution in [0.25, 0.3) is 55.3 Å². The summed E-state index contributed by atoms with van der Waals surface area (Å²) in [5.74, 6) is 0. The molecular formula is C48H48. The lowest BCUT2D eigenvalue weighted by atomic mass is 9.67. The highest BCUT2D eigenvalue weighted by Crippen LogP contribution is 2.57. The number of hydrogen-bond donors (Lipinski definition) is 0. The summed E-state index contributed by atoms with van der Waals surface area (Å²) in [6.07, 6.45) is 0. The summed E-state index contributed by atoms with van der Waals surface area (Å²) in [6.45, 7) is 23.4. The van der Waals surface area contributed by atoms with Crippen molar-refractivity contribution in [1.29, 1.82) is 0 Å². The van der Waals surface area contributed by atoms with E-state index in [4.69, 9.17) is 0 Å². The maximum Gasteiger partial charge on any atom is 0.0159 e. The molecule has 0 unspecified atom stereocenters. The molecule has 0 aliphatic heterocycles. The number of benzene rings is 6. The van der Waals surface area contributed by atoms with Crippen LogP contribution in [0.15, 0.2) is 109 Å². The summed E-state index contributed by atoms with van der Waals surface area (Å²) in [7, 11) is 0. The number of hydrogen-bond acceptors (Lipinski definition) is 0. The van der Waals surface area contributed by atoms with Crippen molar-refractivity contribution in [2.75, 3.05) is 0 Å². The number of rotatable bonds is 2. The molecule has 0 heterocycles. The van der Waals surface area contributed by atoms with Crippen LogP contribution in [0.4, 0.5) is 0 Å². The molecule has 240 valence electrons. The third-order valence-electron chi connectivity index (χ3n) is 11.6. The summed E-state index contributed by atoms with van der Waals surface area (Å²) in [5.41, 5.74) is 19.2. The van der Waals surface area contributed by atoms with E-state index < -0.39 is 0 Å². The molecule has 0 heteroatoms. The summed E-state index contributed by atoms with van der Waals surface area (Å²) in [6, 6.07) is 42.4. The van der Waals surface area contributed by atoms with Gasteiger partial charge in [-0.3, -0.25) is 0 Å². The van der Waals surface area contributed by atoms with Gasteiger partial charge in [-0.1, -0.05) is 160 Å². The minimum atomic E-state index is -0.128. The minimum Gasteiger partial charge on any atom is -0.0613 e. The van der Waals surface area contributed by atoms with Crippen LogP contribution < -0.4 is 0 Å². The molecule has 0 bridgehead atoms. The molecule has 0 nitrogen and oxygen atoms in total. The van der Waals surface area contributed by atoms with Crippen molar-refractivity contribution < 1.29 is 0 Å². The molecule has 48 heavy (non-hydrogen) atoms. The Bertz CT molecular complexity index is 2260. The van der Waals surface area contributed by atoms with Gasteiger partial charge in [0, 0.05) is 10.8 Å². The topological polar surface area (TPSA) is 0 Å². The lowest BCUT2D eigenvalue weighted by molar-refractivity contribution is 0.590. The maximum absolute atomic E-state index is 2.55. The fraction of sp³-hybridized carbons (Fsp3) is 0.292. The van der Waals surface area contributed by atoms with Crippen molar-refractivity contribution in [2.45, 2.75) is 90.9 Å². The van der Waals surface area contributed by atoms with Crippen LogP contribution in [0, 0.1) is 0 Å². The molecule has 2 aliphatic rings. The van der Waals surface area contributed by atoms with Gasteiger partial charge in [0.2, 0.25) is 0 Å². The second kappa shape index (κ2) is 10.1. The molecule has 8 rings (SSSR count). The Morgan fingerprint density at radius 2 is 0.854 bits per heavy atom. The first-order valence-corrected chi connectivity index (χ1v) is 17.7. The predicted octanol–water partition coefficient (Wildman–Crippen LogP) is 13.4. The lowest BCUT2D eigenvalue weighted by Crippen LogP contribution is -2.24. The van der Waals surface area contributed by atoms with Gasteiger partial charge in [0.15, 0.2) is 0 Å². The van der Waals surface area contributed by atoms with E-state index in [1.54, 1.807) is 0 Å². The van der Waals surface area contributed by atoms with Crippen molar-refractivity contribution in [1.82, 2.24) is 0 Å². The first-order chi connectivity index (χ1) is 22.6. The molecule has 6 aromatic carbocycles. The van der Waals surface area contributed by atoms with Crippen molar-refractivity contribution in [3.8, 4) is 44.5 Å². The molecule has 2 aliphatic carbocycles. The van der Waals surface area contributed by atoms with Gasteiger partial charge < -0.3 is 0 Å². The fourth-order valence-electron chi connectivity index (χ4n) is 8.55. The highest BCUT2D eigenvalue weighted by molar-refractivity contribution is 6.12. The average Bonchev–Trinajstić information content (AvgIpc) is 3.28. The van der Waals surface area contributed by atoms with E-state index in [0.29, 0.717) is 0 Å². The zero-order valence-corrected chi connectivity index (χ0v) is 30.4. The van der Waals surface area contributed by atoms with Crippen LogP contribution in [0.3, 0.4) is 0 Å². The Hall–Kier alpha value is -4.42. The molecule has 6 aromatic rings. The Labute approximate surface area is 287 Å². The molecule has 0 saturated heterocycles. The highest BCUT2D eigenvalue weighted by Gasteiger charge is 2.41. The van der Waals surface area contributed by atoms with Crippen LogP contribution in [0.1, 0.15) is 103 Å². The van der Waals surface area contributed by atoms with E-state index in [1.165, 1.54) is 88.7 Å². The smallest absolute Gasteiger partial charge is 0.0159 e. The molecule has 0 radical (unpaired) electrons. The van der Waals surface area contributed by atoms with Gasteiger partial charge in [-0.15, -0.1) is 0 Å². The van der Waals surface area contributed by atoms with E-state index in [0.717, 1.165) is 0 Å². The Balaban J connectivity index is 1.28. The summed E-state index contributed by atoms with van der Waals surface area (Å²) in [4.78, 5) is 0. The first kappa shape index (κ1) is 30.9. The third-order valence-corrected chi connectivity index (χ3v) is 11.6. The fourth-order valence-corrected chi connectivity index (χ4v) is 8.55. The van der Waals surface area contributed by atoms with Crippen LogP contribution >= 0.6 is 0 Å². The second-order valence-electron chi connectivity index (χ2n) is 17.5. The Morgan fingerprint density at radius 1 is 0.396 bits per heavy atom. The first-order valence-electron chi connectivity index (χ1n) is 17.7. The maximum atomic E-state index is 2.55. The second-order valence-corrected chi connectivity index (χ2v) is 17.5. The van der Waals surface area contributed by atoms with Gasteiger partial charge in [-0.25, -0.2) is 0 Å². The highest BCUT2D eigenvalue weighted by atomic mass is 14.4. The minimum absolute atomic E-state index is 0.116. The lowest BCUT2D eigenvalue weighted by Gasteiger charge is -2.36. The standard InChI is InChI=1S/C48H48/c1-45(2,3)33-20-14-29(15-21-33)31-18-24-35-38-28-42-43(37-12-11-13-39(44(37)38)47(7,8)40(35)26-31)36-25-19-32(27-41(36)48(42,9)10)30-16-22-34(23-17-30)46(4,5)6/h11-28H,1-10H3. The molecular weight excluding hydrogens is 577 g/mol. The van der Waals surface area contributed by atoms with Gasteiger partial charge in [0.25, 0.3) is 0 Å². The van der Waals surface area contributed by atoms with Gasteiger partial charge in [-0.2, -0.15) is 0 Å². The molecule has 0 saturated carbocycles. The largest absolute Gasteiger partial charge is 0.0613 e. The van der Waals surface area contributed by atoms with Crippen molar-refractivity contribution in [3.05, 3.63) is 143 Å². The van der Waals surface area contributed by atoms with Gasteiger partial charge in [0.05, 0.1) is 0 Å². The summed E-state index contributed by atoms with van der Waals surface area (Å²) < 4.78 is 0. The van der Waals surface area contributed by atoms with Crippen LogP contribution in [0.5, 0.6) is 0 Å². The SMILES string of the molecule is CC(C)(C)c1ccc(-c2ccc3c(c2)C(C)(C)c2cc4c5c(cccc5c2-3)C(C)(C)c2cc(-c3ccc(C(C)(C)C)cc3)ccc2-4)cc1. The van der Waals surface area contributed by atoms with E-state index in [9.17, 15) is 0 Å². The van der Waals surface area contributed by atoms with Crippen LogP contribution in [-0.4, -0.2) is 0 Å². The Morgan fingerprint density at radius 3 is 1.38 bits per heavy atom. The van der Waals surface area contributed by atoms with Gasteiger partial charge in [-0.05, 0) is 118 Å². The zero-order valence-electron chi connectivity index (χ0n) is 30.4. The molecule has 0 N–H and O–H groups in total. The summed E-state index contributed by atoms with van der Waals surface area (Å²) in [5, 5.41) is 2.80. The zero-order chi connectivity index (χ0) is 34.0. The van der Waals surface area contributed by atoms with Gasteiger partial charge in [0.1, 0.15) is 0 Å². The van der Waals surface area contributed by atoms with E-state index in [2.05, 4.69) is 178 Å². The Kier molecular flexibility index (Phi) is 6.47. The quantitative estimate of drug-likeness (QED) is 0.180. The van der Waals surface area contributed by atoms with Crippen molar-refractivity contribution >= 4 is 10.8 Å². The van der Waals surface area contributed by atoms with Crippen LogP contribution in [-0.2, 0) is 21.7 Å². The average molecular weight is 625 g/mol. The van der Waals surface area contributed by atoms with Crippen molar-refractivity contribution in [2.24, 2.45) is 0 Å².